The maximum atomic E-state index is 12.5. The van der Waals surface area contributed by atoms with Gasteiger partial charge in [0.15, 0.2) is 0 Å². The molecule has 1 heterocycles. The van der Waals surface area contributed by atoms with Crippen molar-refractivity contribution in [3.8, 4) is 5.75 Å². The zero-order valence-electron chi connectivity index (χ0n) is 13.1. The number of alkyl halides is 3. The van der Waals surface area contributed by atoms with E-state index in [1.54, 1.807) is 12.1 Å². The fraction of sp³-hybridized carbons (Fsp3) is 0.111. The van der Waals surface area contributed by atoms with Crippen molar-refractivity contribution < 1.29 is 27.8 Å². The van der Waals surface area contributed by atoms with E-state index >= 15 is 0 Å². The Bertz CT molecular complexity index is 1020. The van der Waals surface area contributed by atoms with E-state index in [1.807, 2.05) is 0 Å². The van der Waals surface area contributed by atoms with Crippen molar-refractivity contribution in [2.45, 2.75) is 12.8 Å². The number of carboxylic acids is 1. The average molecular weight is 363 g/mol. The first-order valence-electron chi connectivity index (χ1n) is 7.43. The number of carboxylic acid groups (broad SMARTS) is 1. The molecule has 8 heteroatoms. The monoisotopic (exact) mass is 363 g/mol. The summed E-state index contributed by atoms with van der Waals surface area (Å²) >= 11 is 0. The Morgan fingerprint density at radius 1 is 1.12 bits per heavy atom. The van der Waals surface area contributed by atoms with Gasteiger partial charge < -0.3 is 14.8 Å². The summed E-state index contributed by atoms with van der Waals surface area (Å²) in [4.78, 5) is 25.9. The van der Waals surface area contributed by atoms with Gasteiger partial charge in [0, 0.05) is 11.7 Å². The van der Waals surface area contributed by atoms with Crippen molar-refractivity contribution in [1.82, 2.24) is 4.98 Å². The lowest BCUT2D eigenvalue weighted by Crippen LogP contribution is -2.15. The van der Waals surface area contributed by atoms with E-state index in [-0.39, 0.29) is 12.0 Å². The first-order chi connectivity index (χ1) is 12.3. The summed E-state index contributed by atoms with van der Waals surface area (Å²) in [5, 5.41) is 9.14. The summed E-state index contributed by atoms with van der Waals surface area (Å²) in [5.41, 5.74) is -0.823. The molecule has 0 radical (unpaired) electrons. The summed E-state index contributed by atoms with van der Waals surface area (Å²) in [7, 11) is 0. The van der Waals surface area contributed by atoms with Crippen LogP contribution in [-0.2, 0) is 12.8 Å². The van der Waals surface area contributed by atoms with Gasteiger partial charge in [-0.15, -0.1) is 0 Å². The molecule has 0 unspecified atom stereocenters. The number of halogens is 3. The van der Waals surface area contributed by atoms with Crippen LogP contribution in [0.1, 0.15) is 21.5 Å². The lowest BCUT2D eigenvalue weighted by molar-refractivity contribution is -0.137. The van der Waals surface area contributed by atoms with Crippen LogP contribution in [0.5, 0.6) is 5.75 Å². The molecule has 134 valence electrons. The van der Waals surface area contributed by atoms with Crippen molar-refractivity contribution in [2.24, 2.45) is 0 Å². The van der Waals surface area contributed by atoms with Gasteiger partial charge in [0.1, 0.15) is 17.9 Å². The van der Waals surface area contributed by atoms with Gasteiger partial charge in [0.2, 0.25) is 5.43 Å². The quantitative estimate of drug-likeness (QED) is 0.739. The molecular weight excluding hydrogens is 351 g/mol. The fourth-order valence-corrected chi connectivity index (χ4v) is 2.40. The minimum Gasteiger partial charge on any atom is -0.489 e. The predicted octanol–water partition coefficient (Wildman–Crippen LogP) is 3.82. The molecule has 0 aliphatic carbocycles. The molecule has 26 heavy (non-hydrogen) atoms. The number of nitrogens with one attached hydrogen (secondary N) is 1. The second kappa shape index (κ2) is 6.55. The van der Waals surface area contributed by atoms with Crippen LogP contribution in [0.2, 0.25) is 0 Å². The average Bonchev–Trinajstić information content (AvgIpc) is 2.60. The van der Waals surface area contributed by atoms with E-state index in [0.717, 1.165) is 18.3 Å². The predicted molar refractivity (Wildman–Crippen MR) is 87.3 cm³/mol. The van der Waals surface area contributed by atoms with Crippen LogP contribution in [-0.4, -0.2) is 16.1 Å². The molecule has 1 aromatic heterocycles. The number of benzene rings is 2. The Kier molecular flexibility index (Phi) is 4.41. The van der Waals surface area contributed by atoms with Crippen LogP contribution in [0.25, 0.3) is 10.9 Å². The number of H-pyrrole nitrogens is 1. The third-order valence-corrected chi connectivity index (χ3v) is 3.77. The van der Waals surface area contributed by atoms with E-state index in [1.165, 1.54) is 18.2 Å². The normalized spacial score (nSPS) is 11.5. The molecule has 2 N–H and O–H groups in total. The Labute approximate surface area is 144 Å². The summed E-state index contributed by atoms with van der Waals surface area (Å²) < 4.78 is 43.1. The van der Waals surface area contributed by atoms with E-state index in [4.69, 9.17) is 9.84 Å². The first kappa shape index (κ1) is 17.5. The van der Waals surface area contributed by atoms with E-state index in [2.05, 4.69) is 4.98 Å². The third-order valence-electron chi connectivity index (χ3n) is 3.77. The number of hydrogen-bond acceptors (Lipinski definition) is 3. The largest absolute Gasteiger partial charge is 0.489 e. The molecule has 0 fully saturated rings. The third kappa shape index (κ3) is 3.53. The minimum atomic E-state index is -4.40. The number of pyridine rings is 1. The number of aromatic carboxylic acids is 1. The van der Waals surface area contributed by atoms with E-state index in [9.17, 15) is 22.8 Å². The van der Waals surface area contributed by atoms with Crippen LogP contribution in [0.3, 0.4) is 0 Å². The van der Waals surface area contributed by atoms with Gasteiger partial charge >= 0.3 is 12.1 Å². The summed E-state index contributed by atoms with van der Waals surface area (Å²) in [6, 6.07) is 9.06. The van der Waals surface area contributed by atoms with E-state index in [0.29, 0.717) is 16.8 Å². The summed E-state index contributed by atoms with van der Waals surface area (Å²) in [5.74, 6) is -1.05. The van der Waals surface area contributed by atoms with Gasteiger partial charge in [-0.3, -0.25) is 4.79 Å². The Balaban J connectivity index is 1.82. The van der Waals surface area contributed by atoms with Crippen molar-refractivity contribution in [2.75, 3.05) is 0 Å². The molecule has 0 bridgehead atoms. The maximum absolute atomic E-state index is 12.5. The number of fused-ring (bicyclic) bond motifs is 1. The number of aromatic amines is 1. The number of ether oxygens (including phenoxy) is 1. The van der Waals surface area contributed by atoms with Crippen molar-refractivity contribution in [3.63, 3.8) is 0 Å². The summed E-state index contributed by atoms with van der Waals surface area (Å²) in [6.07, 6.45) is -3.28. The van der Waals surface area contributed by atoms with Gasteiger partial charge in [-0.05, 0) is 35.9 Å². The second-order valence-electron chi connectivity index (χ2n) is 5.53. The smallest absolute Gasteiger partial charge is 0.416 e. The van der Waals surface area contributed by atoms with Gasteiger partial charge in [0.25, 0.3) is 0 Å². The highest BCUT2D eigenvalue weighted by Gasteiger charge is 2.29. The molecule has 0 spiro atoms. The zero-order valence-corrected chi connectivity index (χ0v) is 13.1. The number of carbonyl (C=O) groups is 1. The highest BCUT2D eigenvalue weighted by atomic mass is 19.4. The second-order valence-corrected chi connectivity index (χ2v) is 5.53. The molecule has 0 amide bonds. The number of rotatable bonds is 4. The topological polar surface area (TPSA) is 79.4 Å². The highest BCUT2D eigenvalue weighted by Crippen LogP contribution is 2.29. The lowest BCUT2D eigenvalue weighted by Gasteiger charge is -2.10. The van der Waals surface area contributed by atoms with Gasteiger partial charge in [-0.1, -0.05) is 12.1 Å². The molecular formula is C18H12F3NO4. The molecule has 0 saturated heterocycles. The number of hydrogen-bond donors (Lipinski definition) is 2. The van der Waals surface area contributed by atoms with Gasteiger partial charge in [-0.2, -0.15) is 13.2 Å². The Hall–Kier alpha value is -3.29. The van der Waals surface area contributed by atoms with Crippen LogP contribution >= 0.6 is 0 Å². The lowest BCUT2D eigenvalue weighted by atomic mass is 10.1. The number of aromatic nitrogens is 1. The molecule has 3 aromatic rings. The fourth-order valence-electron chi connectivity index (χ4n) is 2.40. The molecule has 2 aromatic carbocycles. The van der Waals surface area contributed by atoms with E-state index < -0.39 is 28.7 Å². The van der Waals surface area contributed by atoms with Crippen molar-refractivity contribution in [1.29, 1.82) is 0 Å². The minimum absolute atomic E-state index is 0.000168. The molecule has 0 saturated carbocycles. The molecule has 3 rings (SSSR count). The maximum Gasteiger partial charge on any atom is 0.416 e. The van der Waals surface area contributed by atoms with Crippen molar-refractivity contribution in [3.05, 3.63) is 75.6 Å². The standard InChI is InChI=1S/C18H12F3NO4/c19-18(20,21)11-3-1-10(2-4-11)9-26-12-5-6-15-13(7-12)16(23)14(8-22-15)17(24)25/h1-8H,9H2,(H,22,23)(H,24,25). The molecule has 0 aliphatic heterocycles. The Morgan fingerprint density at radius 3 is 2.42 bits per heavy atom. The van der Waals surface area contributed by atoms with Crippen LogP contribution in [0.15, 0.2) is 53.5 Å². The van der Waals surface area contributed by atoms with Gasteiger partial charge in [-0.25, -0.2) is 4.79 Å². The van der Waals surface area contributed by atoms with Crippen LogP contribution in [0, 0.1) is 0 Å². The molecule has 5 nitrogen and oxygen atoms in total. The van der Waals surface area contributed by atoms with Gasteiger partial charge in [0.05, 0.1) is 10.9 Å². The van der Waals surface area contributed by atoms with Crippen LogP contribution in [0.4, 0.5) is 13.2 Å². The van der Waals surface area contributed by atoms with Crippen LogP contribution < -0.4 is 10.2 Å². The SMILES string of the molecule is O=C(O)c1c[nH]c2ccc(OCc3ccc(C(F)(F)F)cc3)cc2c1=O. The summed E-state index contributed by atoms with van der Waals surface area (Å²) in [6.45, 7) is 0.000168. The molecule has 0 atom stereocenters. The zero-order chi connectivity index (χ0) is 18.9. The first-order valence-corrected chi connectivity index (χ1v) is 7.43. The molecule has 0 aliphatic rings. The highest BCUT2D eigenvalue weighted by molar-refractivity contribution is 5.92. The Morgan fingerprint density at radius 2 is 1.81 bits per heavy atom. The van der Waals surface area contributed by atoms with Crippen molar-refractivity contribution >= 4 is 16.9 Å².